The molecule has 1 saturated carbocycles. The Morgan fingerprint density at radius 2 is 2.42 bits per heavy atom. The lowest BCUT2D eigenvalue weighted by atomic mass is 9.96. The van der Waals surface area contributed by atoms with Gasteiger partial charge in [-0.25, -0.2) is 0 Å². The Morgan fingerprint density at radius 3 is 2.95 bits per heavy atom. The van der Waals surface area contributed by atoms with Crippen molar-refractivity contribution in [2.24, 2.45) is 7.05 Å². The molecule has 1 atom stereocenters. The molecular formula is C13H21N3O2S. The fourth-order valence-corrected chi connectivity index (χ4v) is 2.88. The van der Waals surface area contributed by atoms with Crippen LogP contribution in [0, 0.1) is 0 Å². The molecule has 1 heterocycles. The van der Waals surface area contributed by atoms with E-state index in [1.54, 1.807) is 23.4 Å². The predicted molar refractivity (Wildman–Crippen MR) is 75.4 cm³/mol. The van der Waals surface area contributed by atoms with E-state index in [2.05, 4.69) is 10.4 Å². The van der Waals surface area contributed by atoms with Gasteiger partial charge in [0.15, 0.2) is 0 Å². The molecule has 0 aliphatic heterocycles. The van der Waals surface area contributed by atoms with Gasteiger partial charge in [-0.1, -0.05) is 0 Å². The number of hydrogen-bond acceptors (Lipinski definition) is 4. The van der Waals surface area contributed by atoms with Crippen LogP contribution >= 0.6 is 11.8 Å². The maximum Gasteiger partial charge on any atom is 0.323 e. The molecule has 1 aliphatic carbocycles. The molecule has 1 aromatic rings. The van der Waals surface area contributed by atoms with Crippen molar-refractivity contribution in [1.82, 2.24) is 15.1 Å². The molecule has 0 saturated heterocycles. The molecule has 0 spiro atoms. The number of rotatable bonds is 8. The summed E-state index contributed by atoms with van der Waals surface area (Å²) in [5.74, 6) is 0.173. The van der Waals surface area contributed by atoms with E-state index < -0.39 is 11.5 Å². The Balaban J connectivity index is 1.74. The van der Waals surface area contributed by atoms with E-state index >= 15 is 0 Å². The fourth-order valence-electron chi connectivity index (χ4n) is 2.01. The highest BCUT2D eigenvalue weighted by molar-refractivity contribution is 7.99. The summed E-state index contributed by atoms with van der Waals surface area (Å²) in [6.07, 6.45) is 7.56. The number of carbonyl (C=O) groups is 1. The van der Waals surface area contributed by atoms with Gasteiger partial charge in [0, 0.05) is 24.2 Å². The van der Waals surface area contributed by atoms with Gasteiger partial charge in [0.2, 0.25) is 0 Å². The number of aryl methyl sites for hydroxylation is 1. The molecule has 1 fully saturated rings. The molecule has 1 aliphatic rings. The second-order valence-corrected chi connectivity index (χ2v) is 6.53. The standard InChI is InChI=1S/C13H21N3O2S/c1-13(12(17)18,15-10-4-5-10)6-3-7-19-11-8-14-16(2)9-11/h8-10,15H,3-7H2,1-2H3,(H,17,18). The summed E-state index contributed by atoms with van der Waals surface area (Å²) in [7, 11) is 1.89. The lowest BCUT2D eigenvalue weighted by Crippen LogP contribution is -2.50. The number of carboxylic acid groups (broad SMARTS) is 1. The minimum atomic E-state index is -0.781. The predicted octanol–water partition coefficient (Wildman–Crippen LogP) is 1.89. The molecule has 19 heavy (non-hydrogen) atoms. The van der Waals surface area contributed by atoms with Crippen molar-refractivity contribution in [3.8, 4) is 0 Å². The molecule has 6 heteroatoms. The van der Waals surface area contributed by atoms with Crippen LogP contribution < -0.4 is 5.32 Å². The smallest absolute Gasteiger partial charge is 0.323 e. The molecule has 0 aromatic carbocycles. The molecule has 0 bridgehead atoms. The normalized spacial score (nSPS) is 18.2. The first kappa shape index (κ1) is 14.4. The molecule has 106 valence electrons. The van der Waals surface area contributed by atoms with Crippen LogP contribution in [0.25, 0.3) is 0 Å². The van der Waals surface area contributed by atoms with E-state index in [0.29, 0.717) is 12.5 Å². The second-order valence-electron chi connectivity index (χ2n) is 5.36. The molecule has 0 radical (unpaired) electrons. The van der Waals surface area contributed by atoms with Crippen LogP contribution in [-0.2, 0) is 11.8 Å². The van der Waals surface area contributed by atoms with Crippen molar-refractivity contribution < 1.29 is 9.90 Å². The number of thioether (sulfide) groups is 1. The number of aromatic nitrogens is 2. The van der Waals surface area contributed by atoms with Gasteiger partial charge >= 0.3 is 5.97 Å². The lowest BCUT2D eigenvalue weighted by Gasteiger charge is -2.26. The Morgan fingerprint density at radius 1 is 1.68 bits per heavy atom. The average molecular weight is 283 g/mol. The summed E-state index contributed by atoms with van der Waals surface area (Å²) < 4.78 is 1.78. The average Bonchev–Trinajstić information content (AvgIpc) is 3.05. The van der Waals surface area contributed by atoms with Crippen LogP contribution in [0.15, 0.2) is 17.3 Å². The fraction of sp³-hybridized carbons (Fsp3) is 0.692. The summed E-state index contributed by atoms with van der Waals surface area (Å²) in [5.41, 5.74) is -0.781. The molecule has 1 aromatic heterocycles. The highest BCUT2D eigenvalue weighted by Crippen LogP contribution is 2.26. The van der Waals surface area contributed by atoms with Crippen molar-refractivity contribution in [2.75, 3.05) is 5.75 Å². The van der Waals surface area contributed by atoms with Crippen LogP contribution in [0.2, 0.25) is 0 Å². The van der Waals surface area contributed by atoms with Crippen molar-refractivity contribution in [2.45, 2.75) is 49.1 Å². The van der Waals surface area contributed by atoms with Crippen molar-refractivity contribution in [3.05, 3.63) is 12.4 Å². The molecule has 2 N–H and O–H groups in total. The van der Waals surface area contributed by atoms with Gasteiger partial charge in [-0.2, -0.15) is 5.10 Å². The van der Waals surface area contributed by atoms with Gasteiger partial charge in [0.1, 0.15) is 5.54 Å². The minimum Gasteiger partial charge on any atom is -0.480 e. The second kappa shape index (κ2) is 5.96. The number of nitrogens with zero attached hydrogens (tertiary/aromatic N) is 2. The first-order chi connectivity index (χ1) is 8.99. The topological polar surface area (TPSA) is 67.2 Å². The first-order valence-electron chi connectivity index (χ1n) is 6.62. The third-order valence-corrected chi connectivity index (χ3v) is 4.38. The van der Waals surface area contributed by atoms with Crippen LogP contribution in [-0.4, -0.2) is 38.2 Å². The Hall–Kier alpha value is -1.01. The zero-order valence-electron chi connectivity index (χ0n) is 11.4. The Labute approximate surface area is 117 Å². The lowest BCUT2D eigenvalue weighted by molar-refractivity contribution is -0.144. The largest absolute Gasteiger partial charge is 0.480 e. The number of carboxylic acids is 1. The minimum absolute atomic E-state index is 0.409. The van der Waals surface area contributed by atoms with E-state index in [1.807, 2.05) is 19.4 Å². The summed E-state index contributed by atoms with van der Waals surface area (Å²) in [5, 5.41) is 16.7. The molecule has 1 unspecified atom stereocenters. The van der Waals surface area contributed by atoms with Crippen LogP contribution in [0.1, 0.15) is 32.6 Å². The summed E-state index contributed by atoms with van der Waals surface area (Å²) in [6.45, 7) is 1.79. The van der Waals surface area contributed by atoms with Crippen molar-refractivity contribution >= 4 is 17.7 Å². The number of nitrogens with one attached hydrogen (secondary N) is 1. The third-order valence-electron chi connectivity index (χ3n) is 3.34. The van der Waals surface area contributed by atoms with E-state index in [4.69, 9.17) is 0 Å². The quantitative estimate of drug-likeness (QED) is 0.563. The maximum atomic E-state index is 11.4. The number of aliphatic carboxylic acids is 1. The van der Waals surface area contributed by atoms with Gasteiger partial charge in [0.05, 0.1) is 6.20 Å². The van der Waals surface area contributed by atoms with Crippen LogP contribution in [0.4, 0.5) is 0 Å². The summed E-state index contributed by atoms with van der Waals surface area (Å²) in [4.78, 5) is 12.5. The number of hydrogen-bond donors (Lipinski definition) is 2. The zero-order chi connectivity index (χ0) is 13.9. The van der Waals surface area contributed by atoms with Gasteiger partial charge in [-0.15, -0.1) is 11.8 Å². The Bertz CT molecular complexity index is 445. The van der Waals surface area contributed by atoms with E-state index in [0.717, 1.165) is 29.9 Å². The van der Waals surface area contributed by atoms with Crippen LogP contribution in [0.3, 0.4) is 0 Å². The molecule has 5 nitrogen and oxygen atoms in total. The van der Waals surface area contributed by atoms with Crippen molar-refractivity contribution in [3.63, 3.8) is 0 Å². The molecule has 2 rings (SSSR count). The van der Waals surface area contributed by atoms with E-state index in [1.165, 1.54) is 0 Å². The Kier molecular flexibility index (Phi) is 4.52. The summed E-state index contributed by atoms with van der Waals surface area (Å²) in [6, 6.07) is 0.409. The van der Waals surface area contributed by atoms with E-state index in [9.17, 15) is 9.90 Å². The van der Waals surface area contributed by atoms with Gasteiger partial charge in [-0.05, 0) is 38.4 Å². The SMILES string of the molecule is Cn1cc(SCCCC(C)(NC2CC2)C(=O)O)cn1. The van der Waals surface area contributed by atoms with Gasteiger partial charge < -0.3 is 5.11 Å². The highest BCUT2D eigenvalue weighted by atomic mass is 32.2. The van der Waals surface area contributed by atoms with Gasteiger partial charge in [-0.3, -0.25) is 14.8 Å². The van der Waals surface area contributed by atoms with Gasteiger partial charge in [0.25, 0.3) is 0 Å². The highest BCUT2D eigenvalue weighted by Gasteiger charge is 2.37. The maximum absolute atomic E-state index is 11.4. The summed E-state index contributed by atoms with van der Waals surface area (Å²) >= 11 is 1.72. The molecular weight excluding hydrogens is 262 g/mol. The van der Waals surface area contributed by atoms with E-state index in [-0.39, 0.29) is 0 Å². The molecule has 0 amide bonds. The van der Waals surface area contributed by atoms with Crippen LogP contribution in [0.5, 0.6) is 0 Å². The monoisotopic (exact) mass is 283 g/mol. The zero-order valence-corrected chi connectivity index (χ0v) is 12.2. The third kappa shape index (κ3) is 4.24. The first-order valence-corrected chi connectivity index (χ1v) is 7.61. The van der Waals surface area contributed by atoms with Crippen molar-refractivity contribution in [1.29, 1.82) is 0 Å².